The van der Waals surface area contributed by atoms with Crippen LogP contribution in [0.1, 0.15) is 25.3 Å². The van der Waals surface area contributed by atoms with Gasteiger partial charge in [-0.3, -0.25) is 4.79 Å². The Balaban J connectivity index is 1.98. The topological polar surface area (TPSA) is 47.9 Å². The highest BCUT2D eigenvalue weighted by molar-refractivity contribution is 5.98. The monoisotopic (exact) mass is 328 g/mol. The summed E-state index contributed by atoms with van der Waals surface area (Å²) in [5, 5.41) is 3.25. The number of nitrogens with one attached hydrogen (secondary N) is 1. The number of rotatable bonds is 7. The zero-order valence-corrected chi connectivity index (χ0v) is 14.8. The predicted octanol–water partition coefficient (Wildman–Crippen LogP) is 2.44. The normalized spacial score (nSPS) is 13.6. The average Bonchev–Trinajstić information content (AvgIpc) is 3.02. The lowest BCUT2D eigenvalue weighted by Gasteiger charge is -2.22. The third-order valence-electron chi connectivity index (χ3n) is 4.15. The number of anilines is 1. The highest BCUT2D eigenvalue weighted by Crippen LogP contribution is 2.27. The molecule has 0 spiro atoms. The van der Waals surface area contributed by atoms with Crippen molar-refractivity contribution < 1.29 is 4.79 Å². The number of amides is 1. The number of allylic oxidation sites excluding steroid dienone is 1. The molecule has 2 rings (SSSR count). The molecule has 0 atom stereocenters. The van der Waals surface area contributed by atoms with Gasteiger partial charge >= 0.3 is 0 Å². The summed E-state index contributed by atoms with van der Waals surface area (Å²) in [5.74, 6) is 0.831. The molecule has 0 aromatic heterocycles. The van der Waals surface area contributed by atoms with Gasteiger partial charge in [-0.2, -0.15) is 0 Å². The number of aliphatic imine (C=N–C) groups is 1. The summed E-state index contributed by atoms with van der Waals surface area (Å²) in [6.07, 6.45) is 4.85. The number of para-hydroxylation sites is 1. The molecule has 0 unspecified atom stereocenters. The molecule has 1 aromatic carbocycles. The van der Waals surface area contributed by atoms with E-state index >= 15 is 0 Å². The van der Waals surface area contributed by atoms with Crippen molar-refractivity contribution in [1.82, 2.24) is 10.2 Å². The fourth-order valence-corrected chi connectivity index (χ4v) is 2.87. The molecule has 130 valence electrons. The highest BCUT2D eigenvalue weighted by Gasteiger charge is 2.23. The van der Waals surface area contributed by atoms with Crippen molar-refractivity contribution >= 4 is 17.6 Å². The average molecular weight is 328 g/mol. The minimum absolute atomic E-state index is 0.0508. The van der Waals surface area contributed by atoms with Crippen LogP contribution in [0, 0.1) is 0 Å². The molecule has 1 aromatic rings. The van der Waals surface area contributed by atoms with E-state index in [2.05, 4.69) is 27.9 Å². The fourth-order valence-electron chi connectivity index (χ4n) is 2.87. The number of benzene rings is 1. The lowest BCUT2D eigenvalue weighted by molar-refractivity contribution is -0.117. The van der Waals surface area contributed by atoms with Crippen LogP contribution in [0.25, 0.3) is 0 Å². The summed E-state index contributed by atoms with van der Waals surface area (Å²) in [7, 11) is 2.00. The van der Waals surface area contributed by atoms with E-state index in [0.717, 1.165) is 50.5 Å². The first kappa shape index (κ1) is 18.0. The Kier molecular flexibility index (Phi) is 6.85. The minimum atomic E-state index is 0.0508. The number of fused-ring (bicyclic) bond motifs is 1. The van der Waals surface area contributed by atoms with Gasteiger partial charge in [0.25, 0.3) is 0 Å². The molecule has 5 nitrogen and oxygen atoms in total. The molecule has 5 heteroatoms. The van der Waals surface area contributed by atoms with Crippen molar-refractivity contribution in [3.63, 3.8) is 0 Å². The Bertz CT molecular complexity index is 597. The van der Waals surface area contributed by atoms with Gasteiger partial charge in [0, 0.05) is 32.4 Å². The van der Waals surface area contributed by atoms with E-state index in [1.54, 1.807) is 0 Å². The van der Waals surface area contributed by atoms with Crippen LogP contribution < -0.4 is 10.2 Å². The second-order valence-corrected chi connectivity index (χ2v) is 5.95. The molecule has 1 aliphatic rings. The maximum Gasteiger partial charge on any atom is 0.248 e. The smallest absolute Gasteiger partial charge is 0.248 e. The third kappa shape index (κ3) is 4.60. The summed E-state index contributed by atoms with van der Waals surface area (Å²) in [6, 6.07) is 8.09. The first-order valence-corrected chi connectivity index (χ1v) is 8.66. The number of hydrogen-bond acceptors (Lipinski definition) is 2. The Morgan fingerprint density at radius 3 is 3.00 bits per heavy atom. The van der Waals surface area contributed by atoms with E-state index in [9.17, 15) is 4.79 Å². The Morgan fingerprint density at radius 1 is 1.46 bits per heavy atom. The summed E-state index contributed by atoms with van der Waals surface area (Å²) >= 11 is 0. The zero-order valence-electron chi connectivity index (χ0n) is 14.8. The van der Waals surface area contributed by atoms with E-state index in [4.69, 9.17) is 0 Å². The lowest BCUT2D eigenvalue weighted by Crippen LogP contribution is -2.40. The summed E-state index contributed by atoms with van der Waals surface area (Å²) in [4.78, 5) is 21.0. The van der Waals surface area contributed by atoms with E-state index in [-0.39, 0.29) is 12.5 Å². The molecule has 1 amide bonds. The quantitative estimate of drug-likeness (QED) is 0.362. The van der Waals surface area contributed by atoms with Crippen LogP contribution in [0.15, 0.2) is 41.9 Å². The number of nitrogens with zero attached hydrogens (tertiary/aromatic N) is 3. The van der Waals surface area contributed by atoms with E-state index in [1.807, 2.05) is 43.1 Å². The van der Waals surface area contributed by atoms with Gasteiger partial charge in [-0.05, 0) is 37.8 Å². The van der Waals surface area contributed by atoms with Crippen LogP contribution in [0.4, 0.5) is 5.69 Å². The van der Waals surface area contributed by atoms with Gasteiger partial charge in [0.05, 0.1) is 0 Å². The van der Waals surface area contributed by atoms with Crippen LogP contribution in [0.2, 0.25) is 0 Å². The van der Waals surface area contributed by atoms with Crippen molar-refractivity contribution in [2.75, 3.05) is 38.1 Å². The maximum absolute atomic E-state index is 12.6. The molecular weight excluding hydrogens is 300 g/mol. The maximum atomic E-state index is 12.6. The lowest BCUT2D eigenvalue weighted by atomic mass is 10.2. The molecular formula is C19H28N4O. The van der Waals surface area contributed by atoms with Gasteiger partial charge in [0.2, 0.25) is 5.91 Å². The van der Waals surface area contributed by atoms with E-state index in [0.29, 0.717) is 0 Å². The Hall–Kier alpha value is -2.30. The zero-order chi connectivity index (χ0) is 17.4. The molecule has 0 fully saturated rings. The first-order valence-electron chi connectivity index (χ1n) is 8.66. The number of carbonyl (C=O) groups is 1. The predicted molar refractivity (Wildman–Crippen MR) is 101 cm³/mol. The van der Waals surface area contributed by atoms with E-state index in [1.165, 1.54) is 5.56 Å². The number of unbranched alkanes of at least 4 members (excludes halogenated alkanes) is 1. The summed E-state index contributed by atoms with van der Waals surface area (Å²) in [5.41, 5.74) is 2.27. The SMILES string of the molecule is C=CCCCN(C)C(=NCC(=O)N1CCc2ccccc21)NCC. The molecule has 1 N–H and O–H groups in total. The van der Waals surface area contributed by atoms with Gasteiger partial charge in [-0.15, -0.1) is 6.58 Å². The van der Waals surface area contributed by atoms with Crippen molar-refractivity contribution in [3.8, 4) is 0 Å². The Labute approximate surface area is 145 Å². The van der Waals surface area contributed by atoms with Crippen LogP contribution in [0.5, 0.6) is 0 Å². The van der Waals surface area contributed by atoms with Gasteiger partial charge < -0.3 is 15.1 Å². The molecule has 0 radical (unpaired) electrons. The van der Waals surface area contributed by atoms with Crippen LogP contribution in [0.3, 0.4) is 0 Å². The van der Waals surface area contributed by atoms with Crippen molar-refractivity contribution in [2.24, 2.45) is 4.99 Å². The molecule has 24 heavy (non-hydrogen) atoms. The van der Waals surface area contributed by atoms with Crippen LogP contribution >= 0.6 is 0 Å². The number of hydrogen-bond donors (Lipinski definition) is 1. The van der Waals surface area contributed by atoms with E-state index < -0.39 is 0 Å². The summed E-state index contributed by atoms with van der Waals surface area (Å²) in [6.45, 7) is 8.37. The fraction of sp³-hybridized carbons (Fsp3) is 0.474. The van der Waals surface area contributed by atoms with Crippen LogP contribution in [-0.2, 0) is 11.2 Å². The second kappa shape index (κ2) is 9.11. The standard InChI is InChI=1S/C19H28N4O/c1-4-6-9-13-22(3)19(20-5-2)21-15-18(24)23-14-12-16-10-7-8-11-17(16)23/h4,7-8,10-11H,1,5-6,9,12-15H2,2-3H3,(H,20,21). The van der Waals surface area contributed by atoms with Crippen molar-refractivity contribution in [1.29, 1.82) is 0 Å². The van der Waals surface area contributed by atoms with Gasteiger partial charge in [-0.25, -0.2) is 4.99 Å². The van der Waals surface area contributed by atoms with Crippen molar-refractivity contribution in [2.45, 2.75) is 26.2 Å². The second-order valence-electron chi connectivity index (χ2n) is 5.95. The molecule has 0 bridgehead atoms. The molecule has 1 aliphatic heterocycles. The largest absolute Gasteiger partial charge is 0.357 e. The third-order valence-corrected chi connectivity index (χ3v) is 4.15. The van der Waals surface area contributed by atoms with Crippen molar-refractivity contribution in [3.05, 3.63) is 42.5 Å². The molecule has 0 aliphatic carbocycles. The highest BCUT2D eigenvalue weighted by atomic mass is 16.2. The summed E-state index contributed by atoms with van der Waals surface area (Å²) < 4.78 is 0. The van der Waals surface area contributed by atoms with Gasteiger partial charge in [-0.1, -0.05) is 24.3 Å². The van der Waals surface area contributed by atoms with Gasteiger partial charge in [0.1, 0.15) is 6.54 Å². The van der Waals surface area contributed by atoms with Gasteiger partial charge in [0.15, 0.2) is 5.96 Å². The van der Waals surface area contributed by atoms with Crippen LogP contribution in [-0.4, -0.2) is 50.0 Å². The molecule has 0 saturated heterocycles. The Morgan fingerprint density at radius 2 is 2.25 bits per heavy atom. The first-order chi connectivity index (χ1) is 11.7. The molecule has 1 heterocycles. The number of guanidine groups is 1. The number of carbonyl (C=O) groups excluding carboxylic acids is 1. The minimum Gasteiger partial charge on any atom is -0.357 e. The molecule has 0 saturated carbocycles.